The lowest BCUT2D eigenvalue weighted by Crippen LogP contribution is -2.30. The molecule has 1 aliphatic heterocycles. The Morgan fingerprint density at radius 2 is 1.04 bits per heavy atom. The quantitative estimate of drug-likeness (QED) is 0.179. The van der Waals surface area contributed by atoms with Crippen molar-refractivity contribution in [2.75, 3.05) is 0 Å². The van der Waals surface area contributed by atoms with Crippen molar-refractivity contribution in [2.45, 2.75) is 13.1 Å². The highest BCUT2D eigenvalue weighted by Gasteiger charge is 2.36. The summed E-state index contributed by atoms with van der Waals surface area (Å²) >= 11 is 12.4. The molecule has 0 fully saturated rings. The number of para-hydroxylation sites is 2. The minimum absolute atomic E-state index is 0.0896. The molecule has 5 aromatic carbocycles. The zero-order valence-corrected chi connectivity index (χ0v) is 27.5. The molecule has 0 atom stereocenters. The molecule has 0 spiro atoms. The number of amides is 2. The van der Waals surface area contributed by atoms with Gasteiger partial charge < -0.3 is 5.73 Å². The third-order valence-electron chi connectivity index (χ3n) is 8.01. The standard InChI is InChI=1S/C23H13ClFN3O2.C15H11ClFN3/c24-17-9-4-10-18-21(17)27-20(13-5-3-6-14(25)11-13)19(26-18)12-28-22(29)15-7-1-2-8-16(15)23(28)30;16-11-5-2-6-12-15(11)20-14(13(8-18)19-12)9-3-1-4-10(17)7-9/h1-11H,12H2;1-7H,8,18H2. The van der Waals surface area contributed by atoms with Crippen LogP contribution in [0.2, 0.25) is 10.0 Å². The number of carbonyl (C=O) groups is 2. The lowest BCUT2D eigenvalue weighted by molar-refractivity contribution is 0.0640. The number of halogens is 4. The molecule has 2 amide bonds. The van der Waals surface area contributed by atoms with E-state index in [2.05, 4.69) is 19.9 Å². The topological polar surface area (TPSA) is 115 Å². The fourth-order valence-corrected chi connectivity index (χ4v) is 6.10. The highest BCUT2D eigenvalue weighted by Crippen LogP contribution is 2.31. The van der Waals surface area contributed by atoms with Crippen LogP contribution in [-0.2, 0) is 13.1 Å². The Balaban J connectivity index is 0.000000170. The van der Waals surface area contributed by atoms with E-state index >= 15 is 0 Å². The molecule has 7 aromatic rings. The molecule has 8 rings (SSSR count). The van der Waals surface area contributed by atoms with Crippen molar-refractivity contribution in [1.29, 1.82) is 0 Å². The summed E-state index contributed by atoms with van der Waals surface area (Å²) in [7, 11) is 0. The maximum absolute atomic E-state index is 13.9. The smallest absolute Gasteiger partial charge is 0.261 e. The van der Waals surface area contributed by atoms with Crippen LogP contribution < -0.4 is 5.73 Å². The van der Waals surface area contributed by atoms with Gasteiger partial charge in [-0.2, -0.15) is 0 Å². The molecule has 2 aromatic heterocycles. The van der Waals surface area contributed by atoms with Crippen LogP contribution in [0.4, 0.5) is 8.78 Å². The fourth-order valence-electron chi connectivity index (χ4n) is 5.68. The number of fused-ring (bicyclic) bond motifs is 3. The molecule has 12 heteroatoms. The summed E-state index contributed by atoms with van der Waals surface area (Å²) in [6.07, 6.45) is 0. The number of imide groups is 1. The molecule has 3 heterocycles. The minimum atomic E-state index is -0.430. The van der Waals surface area contributed by atoms with Crippen LogP contribution in [0.15, 0.2) is 109 Å². The number of rotatable bonds is 5. The predicted octanol–water partition coefficient (Wildman–Crippen LogP) is 8.43. The molecule has 0 saturated carbocycles. The molecule has 50 heavy (non-hydrogen) atoms. The van der Waals surface area contributed by atoms with Gasteiger partial charge >= 0.3 is 0 Å². The first-order chi connectivity index (χ1) is 24.2. The molecule has 0 aliphatic carbocycles. The summed E-state index contributed by atoms with van der Waals surface area (Å²) in [5.41, 5.74) is 11.7. The zero-order valence-electron chi connectivity index (χ0n) is 25.9. The molecule has 0 saturated heterocycles. The molecule has 0 bridgehead atoms. The molecule has 0 unspecified atom stereocenters. The van der Waals surface area contributed by atoms with Crippen LogP contribution in [0.3, 0.4) is 0 Å². The van der Waals surface area contributed by atoms with E-state index in [9.17, 15) is 18.4 Å². The second kappa shape index (κ2) is 13.7. The van der Waals surface area contributed by atoms with Crippen molar-refractivity contribution < 1.29 is 18.4 Å². The number of hydrogen-bond donors (Lipinski definition) is 1. The van der Waals surface area contributed by atoms with E-state index in [-0.39, 0.29) is 18.9 Å². The number of nitrogens with two attached hydrogens (primary N) is 1. The van der Waals surface area contributed by atoms with Gasteiger partial charge in [0.2, 0.25) is 0 Å². The van der Waals surface area contributed by atoms with Crippen molar-refractivity contribution in [2.24, 2.45) is 5.73 Å². The molecule has 1 aliphatic rings. The average molecular weight is 706 g/mol. The predicted molar refractivity (Wildman–Crippen MR) is 188 cm³/mol. The van der Waals surface area contributed by atoms with Crippen LogP contribution in [0, 0.1) is 11.6 Å². The summed E-state index contributed by atoms with van der Waals surface area (Å²) < 4.78 is 27.3. The van der Waals surface area contributed by atoms with E-state index in [1.165, 1.54) is 24.3 Å². The Morgan fingerprint density at radius 1 is 0.580 bits per heavy atom. The van der Waals surface area contributed by atoms with Crippen LogP contribution >= 0.6 is 23.2 Å². The third-order valence-corrected chi connectivity index (χ3v) is 8.62. The normalized spacial score (nSPS) is 12.3. The number of hydrogen-bond acceptors (Lipinski definition) is 7. The Kier molecular flexibility index (Phi) is 8.98. The maximum Gasteiger partial charge on any atom is 0.261 e. The molecule has 2 N–H and O–H groups in total. The second-order valence-electron chi connectivity index (χ2n) is 11.2. The van der Waals surface area contributed by atoms with Gasteiger partial charge in [0.15, 0.2) is 0 Å². The first-order valence-electron chi connectivity index (χ1n) is 15.3. The minimum Gasteiger partial charge on any atom is -0.325 e. The largest absolute Gasteiger partial charge is 0.325 e. The van der Waals surface area contributed by atoms with Gasteiger partial charge in [-0.05, 0) is 60.7 Å². The van der Waals surface area contributed by atoms with Gasteiger partial charge in [0.25, 0.3) is 11.8 Å². The molecule has 8 nitrogen and oxygen atoms in total. The first-order valence-corrected chi connectivity index (χ1v) is 16.0. The Labute approximate surface area is 294 Å². The number of benzene rings is 5. The van der Waals surface area contributed by atoms with Crippen LogP contribution in [0.1, 0.15) is 32.1 Å². The average Bonchev–Trinajstić information content (AvgIpc) is 3.36. The van der Waals surface area contributed by atoms with Crippen molar-refractivity contribution in [3.8, 4) is 22.5 Å². The zero-order chi connectivity index (χ0) is 34.9. The fraction of sp³-hybridized carbons (Fsp3) is 0.0526. The summed E-state index contributed by atoms with van der Waals surface area (Å²) in [6, 6.07) is 29.3. The highest BCUT2D eigenvalue weighted by atomic mass is 35.5. The van der Waals surface area contributed by atoms with Gasteiger partial charge in [-0.1, -0.05) is 71.7 Å². The molecular weight excluding hydrogens is 681 g/mol. The SMILES string of the molecule is NCc1nc2cccc(Cl)c2nc1-c1cccc(F)c1.O=C1c2ccccc2C(=O)N1Cc1nc2cccc(Cl)c2nc1-c1cccc(F)c1. The molecule has 246 valence electrons. The van der Waals surface area contributed by atoms with Gasteiger partial charge in [0, 0.05) is 17.7 Å². The number of carbonyl (C=O) groups excluding carboxylic acids is 2. The van der Waals surface area contributed by atoms with Crippen LogP contribution in [0.25, 0.3) is 44.6 Å². The number of nitrogens with zero attached hydrogens (tertiary/aromatic N) is 5. The van der Waals surface area contributed by atoms with Crippen LogP contribution in [0.5, 0.6) is 0 Å². The van der Waals surface area contributed by atoms with Gasteiger partial charge in [-0.25, -0.2) is 28.7 Å². The lowest BCUT2D eigenvalue weighted by Gasteiger charge is -2.17. The highest BCUT2D eigenvalue weighted by molar-refractivity contribution is 6.35. The summed E-state index contributed by atoms with van der Waals surface area (Å²) in [5, 5.41) is 0.918. The van der Waals surface area contributed by atoms with Crippen molar-refractivity contribution >= 4 is 57.1 Å². The monoisotopic (exact) mass is 704 g/mol. The van der Waals surface area contributed by atoms with E-state index in [0.717, 1.165) is 4.90 Å². The van der Waals surface area contributed by atoms with E-state index in [0.29, 0.717) is 77.1 Å². The third kappa shape index (κ3) is 6.27. The summed E-state index contributed by atoms with van der Waals surface area (Å²) in [6.45, 7) is 0.134. The van der Waals surface area contributed by atoms with Crippen molar-refractivity contribution in [3.05, 3.63) is 153 Å². The molecular formula is C38H24Cl2F2N6O2. The Hall–Kier alpha value is -5.68. The molecule has 0 radical (unpaired) electrons. The number of aromatic nitrogens is 4. The Morgan fingerprint density at radius 3 is 1.52 bits per heavy atom. The van der Waals surface area contributed by atoms with Crippen molar-refractivity contribution in [1.82, 2.24) is 24.8 Å². The Bertz CT molecular complexity index is 2440. The van der Waals surface area contributed by atoms with Gasteiger partial charge in [0.05, 0.1) is 61.5 Å². The summed E-state index contributed by atoms with van der Waals surface area (Å²) in [5.74, 6) is -1.55. The van der Waals surface area contributed by atoms with Crippen LogP contribution in [-0.4, -0.2) is 36.7 Å². The summed E-state index contributed by atoms with van der Waals surface area (Å²) in [4.78, 5) is 45.0. The van der Waals surface area contributed by atoms with Gasteiger partial charge in [-0.15, -0.1) is 0 Å². The van der Waals surface area contributed by atoms with Crippen molar-refractivity contribution in [3.63, 3.8) is 0 Å². The van der Waals surface area contributed by atoms with E-state index < -0.39 is 17.6 Å². The van der Waals surface area contributed by atoms with E-state index in [1.807, 2.05) is 12.1 Å². The maximum atomic E-state index is 13.9. The van der Waals surface area contributed by atoms with E-state index in [4.69, 9.17) is 28.9 Å². The lowest BCUT2D eigenvalue weighted by atomic mass is 10.1. The van der Waals surface area contributed by atoms with E-state index in [1.54, 1.807) is 72.8 Å². The first kappa shape index (κ1) is 32.8. The second-order valence-corrected chi connectivity index (χ2v) is 12.0. The van der Waals surface area contributed by atoms with Gasteiger partial charge in [-0.3, -0.25) is 14.5 Å². The van der Waals surface area contributed by atoms with Gasteiger partial charge in [0.1, 0.15) is 22.7 Å².